The monoisotopic (exact) mass is 416 g/mol. The molecular weight excluding hydrogens is 388 g/mol. The summed E-state index contributed by atoms with van der Waals surface area (Å²) in [5, 5.41) is 1.92. The maximum atomic E-state index is 13.4. The number of alkyl carbamates (subject to hydrolysis) is 1. The molecule has 2 aromatic carbocycles. The molecule has 0 unspecified atom stereocenters. The zero-order valence-electron chi connectivity index (χ0n) is 17.2. The van der Waals surface area contributed by atoms with E-state index in [1.54, 1.807) is 51.1 Å². The van der Waals surface area contributed by atoms with E-state index < -0.39 is 38.2 Å². The number of ether oxygens (including phenoxy) is 1. The molecule has 0 bridgehead atoms. The molecule has 0 saturated heterocycles. The standard InChI is InChI=1S/C22H28N2O4S/c1-15-10-12-16(13-11-15)18-19(29(26,27)17-8-6-5-7-9-17)22(18,14-23)24-20(25)28-21(2,3)4/h5-13,18-19H,14,23H2,1-4H3,(H,24,25)/t18-,19+,22-/m1/s1. The van der Waals surface area contributed by atoms with Gasteiger partial charge in [-0.1, -0.05) is 48.0 Å². The van der Waals surface area contributed by atoms with Crippen molar-refractivity contribution < 1.29 is 17.9 Å². The molecule has 0 aromatic heterocycles. The lowest BCUT2D eigenvalue weighted by Gasteiger charge is -2.24. The van der Waals surface area contributed by atoms with Crippen molar-refractivity contribution in [3.05, 3.63) is 65.7 Å². The highest BCUT2D eigenvalue weighted by atomic mass is 32.2. The van der Waals surface area contributed by atoms with Crippen molar-refractivity contribution in [3.63, 3.8) is 0 Å². The number of hydrogen-bond donors (Lipinski definition) is 2. The Balaban J connectivity index is 2.03. The van der Waals surface area contributed by atoms with Crippen molar-refractivity contribution in [2.75, 3.05) is 6.54 Å². The summed E-state index contributed by atoms with van der Waals surface area (Å²) in [6, 6.07) is 15.9. The predicted molar refractivity (Wildman–Crippen MR) is 112 cm³/mol. The van der Waals surface area contributed by atoms with E-state index in [-0.39, 0.29) is 11.4 Å². The number of carbonyl (C=O) groups excluding carboxylic acids is 1. The number of rotatable bonds is 5. The summed E-state index contributed by atoms with van der Waals surface area (Å²) in [7, 11) is -3.73. The number of hydrogen-bond acceptors (Lipinski definition) is 5. The maximum absolute atomic E-state index is 13.4. The molecule has 29 heavy (non-hydrogen) atoms. The first-order valence-electron chi connectivity index (χ1n) is 9.58. The van der Waals surface area contributed by atoms with Crippen LogP contribution in [-0.4, -0.2) is 37.4 Å². The first-order valence-corrected chi connectivity index (χ1v) is 11.1. The molecule has 0 radical (unpaired) electrons. The van der Waals surface area contributed by atoms with Crippen molar-refractivity contribution in [2.24, 2.45) is 5.73 Å². The zero-order valence-corrected chi connectivity index (χ0v) is 18.0. The highest BCUT2D eigenvalue weighted by molar-refractivity contribution is 7.92. The molecule has 1 saturated carbocycles. The van der Waals surface area contributed by atoms with Gasteiger partial charge in [-0.05, 0) is 45.4 Å². The Morgan fingerprint density at radius 2 is 1.69 bits per heavy atom. The molecule has 2 aromatic rings. The number of aryl methyl sites for hydroxylation is 1. The third-order valence-corrected chi connectivity index (χ3v) is 7.46. The Morgan fingerprint density at radius 3 is 2.21 bits per heavy atom. The van der Waals surface area contributed by atoms with E-state index in [0.29, 0.717) is 0 Å². The molecule has 0 heterocycles. The number of nitrogens with one attached hydrogen (secondary N) is 1. The average molecular weight is 417 g/mol. The van der Waals surface area contributed by atoms with E-state index >= 15 is 0 Å². The predicted octanol–water partition coefficient (Wildman–Crippen LogP) is 3.16. The molecule has 1 aliphatic carbocycles. The van der Waals surface area contributed by atoms with Gasteiger partial charge < -0.3 is 15.8 Å². The van der Waals surface area contributed by atoms with E-state index in [9.17, 15) is 13.2 Å². The Kier molecular flexibility index (Phi) is 5.49. The second-order valence-electron chi connectivity index (χ2n) is 8.54. The van der Waals surface area contributed by atoms with Crippen molar-refractivity contribution in [2.45, 2.75) is 54.9 Å². The van der Waals surface area contributed by atoms with E-state index in [4.69, 9.17) is 10.5 Å². The van der Waals surface area contributed by atoms with Crippen molar-refractivity contribution in [1.82, 2.24) is 5.32 Å². The smallest absolute Gasteiger partial charge is 0.408 e. The van der Waals surface area contributed by atoms with Gasteiger partial charge in [0.15, 0.2) is 9.84 Å². The lowest BCUT2D eigenvalue weighted by molar-refractivity contribution is 0.0497. The Morgan fingerprint density at radius 1 is 1.10 bits per heavy atom. The SMILES string of the molecule is Cc1ccc([C@@H]2[C@H](S(=O)(=O)c3ccccc3)[C@]2(CN)NC(=O)OC(C)(C)C)cc1. The highest BCUT2D eigenvalue weighted by Gasteiger charge is 2.71. The summed E-state index contributed by atoms with van der Waals surface area (Å²) in [6.45, 7) is 7.20. The lowest BCUT2D eigenvalue weighted by atomic mass is 10.0. The van der Waals surface area contributed by atoms with Gasteiger partial charge in [-0.3, -0.25) is 0 Å². The van der Waals surface area contributed by atoms with Crippen LogP contribution in [0.2, 0.25) is 0 Å². The summed E-state index contributed by atoms with van der Waals surface area (Å²) in [5.74, 6) is -0.467. The van der Waals surface area contributed by atoms with Crippen LogP contribution in [0.3, 0.4) is 0 Å². The van der Waals surface area contributed by atoms with Crippen molar-refractivity contribution in [1.29, 1.82) is 0 Å². The fourth-order valence-electron chi connectivity index (χ4n) is 3.80. The van der Waals surface area contributed by atoms with Crippen LogP contribution >= 0.6 is 0 Å². The maximum Gasteiger partial charge on any atom is 0.408 e. The molecule has 3 atom stereocenters. The lowest BCUT2D eigenvalue weighted by Crippen LogP contribution is -2.49. The van der Waals surface area contributed by atoms with Gasteiger partial charge in [-0.25, -0.2) is 13.2 Å². The first kappa shape index (κ1) is 21.3. The van der Waals surface area contributed by atoms with E-state index in [1.807, 2.05) is 31.2 Å². The molecular formula is C22H28N2O4S. The molecule has 3 N–H and O–H groups in total. The largest absolute Gasteiger partial charge is 0.444 e. The van der Waals surface area contributed by atoms with Gasteiger partial charge >= 0.3 is 6.09 Å². The van der Waals surface area contributed by atoms with Gasteiger partial charge in [0, 0.05) is 12.5 Å². The molecule has 7 heteroatoms. The van der Waals surface area contributed by atoms with Crippen LogP contribution in [-0.2, 0) is 14.6 Å². The third kappa shape index (κ3) is 4.16. The van der Waals surface area contributed by atoms with E-state index in [2.05, 4.69) is 5.32 Å². The van der Waals surface area contributed by atoms with Gasteiger partial charge in [0.05, 0.1) is 10.4 Å². The molecule has 0 aliphatic heterocycles. The molecule has 1 amide bonds. The van der Waals surface area contributed by atoms with Crippen LogP contribution in [0.25, 0.3) is 0 Å². The molecule has 1 fully saturated rings. The molecule has 6 nitrogen and oxygen atoms in total. The highest BCUT2D eigenvalue weighted by Crippen LogP contribution is 2.56. The Labute approximate surface area is 172 Å². The van der Waals surface area contributed by atoms with Crippen LogP contribution < -0.4 is 11.1 Å². The van der Waals surface area contributed by atoms with Gasteiger partial charge in [0.1, 0.15) is 10.9 Å². The van der Waals surface area contributed by atoms with E-state index in [1.165, 1.54) is 0 Å². The van der Waals surface area contributed by atoms with Crippen LogP contribution in [0, 0.1) is 6.92 Å². The van der Waals surface area contributed by atoms with Crippen molar-refractivity contribution in [3.8, 4) is 0 Å². The topological polar surface area (TPSA) is 98.5 Å². The first-order chi connectivity index (χ1) is 13.5. The summed E-state index contributed by atoms with van der Waals surface area (Å²) >= 11 is 0. The van der Waals surface area contributed by atoms with Gasteiger partial charge in [-0.15, -0.1) is 0 Å². The summed E-state index contributed by atoms with van der Waals surface area (Å²) in [5.41, 5.74) is 6.12. The summed E-state index contributed by atoms with van der Waals surface area (Å²) < 4.78 is 32.3. The van der Waals surface area contributed by atoms with E-state index in [0.717, 1.165) is 11.1 Å². The van der Waals surface area contributed by atoms with Crippen LogP contribution in [0.1, 0.15) is 37.8 Å². The fourth-order valence-corrected chi connectivity index (χ4v) is 6.17. The normalized spacial score (nSPS) is 24.0. The molecule has 3 rings (SSSR count). The van der Waals surface area contributed by atoms with Gasteiger partial charge in [-0.2, -0.15) is 0 Å². The minimum atomic E-state index is -3.73. The number of nitrogens with two attached hydrogens (primary N) is 1. The second-order valence-corrected chi connectivity index (χ2v) is 10.6. The number of amides is 1. The number of carbonyl (C=O) groups is 1. The van der Waals surface area contributed by atoms with Crippen LogP contribution in [0.15, 0.2) is 59.5 Å². The third-order valence-electron chi connectivity index (χ3n) is 5.17. The average Bonchev–Trinajstić information content (AvgIpc) is 3.31. The minimum Gasteiger partial charge on any atom is -0.444 e. The number of sulfone groups is 1. The van der Waals surface area contributed by atoms with Gasteiger partial charge in [0.2, 0.25) is 0 Å². The van der Waals surface area contributed by atoms with Crippen molar-refractivity contribution >= 4 is 15.9 Å². The molecule has 0 spiro atoms. The fraction of sp³-hybridized carbons (Fsp3) is 0.409. The summed E-state index contributed by atoms with van der Waals surface area (Å²) in [4.78, 5) is 12.7. The zero-order chi connectivity index (χ0) is 21.4. The van der Waals surface area contributed by atoms with Crippen LogP contribution in [0.5, 0.6) is 0 Å². The second kappa shape index (κ2) is 7.46. The summed E-state index contributed by atoms with van der Waals surface area (Å²) in [6.07, 6.45) is -0.675. The number of benzene rings is 2. The quantitative estimate of drug-likeness (QED) is 0.780. The Bertz CT molecular complexity index is 982. The molecule has 156 valence electrons. The Hall–Kier alpha value is -2.38. The molecule has 1 aliphatic rings. The minimum absolute atomic E-state index is 0.0263. The van der Waals surface area contributed by atoms with Gasteiger partial charge in [0.25, 0.3) is 0 Å². The van der Waals surface area contributed by atoms with Crippen LogP contribution in [0.4, 0.5) is 4.79 Å².